The van der Waals surface area contributed by atoms with E-state index in [0.717, 1.165) is 3.70 Å². The highest BCUT2D eigenvalue weighted by atomic mass is 127. The summed E-state index contributed by atoms with van der Waals surface area (Å²) >= 11 is 2.08. The monoisotopic (exact) mass is 318 g/mol. The van der Waals surface area contributed by atoms with Crippen molar-refractivity contribution in [3.8, 4) is 0 Å². The van der Waals surface area contributed by atoms with Crippen molar-refractivity contribution in [2.45, 2.75) is 19.4 Å². The van der Waals surface area contributed by atoms with Crippen LogP contribution in [0, 0.1) is 3.70 Å². The summed E-state index contributed by atoms with van der Waals surface area (Å²) in [6, 6.07) is -0.115. The van der Waals surface area contributed by atoms with Gasteiger partial charge in [-0.05, 0) is 36.4 Å². The highest BCUT2D eigenvalue weighted by Crippen LogP contribution is 2.20. The van der Waals surface area contributed by atoms with Crippen molar-refractivity contribution in [3.63, 3.8) is 0 Å². The van der Waals surface area contributed by atoms with E-state index < -0.39 is 0 Å². The molecular weight excluding hydrogens is 307 g/mol. The second kappa shape index (κ2) is 3.58. The van der Waals surface area contributed by atoms with Gasteiger partial charge in [-0.1, -0.05) is 0 Å². The average Bonchev–Trinajstić information content (AvgIpc) is 2.41. The maximum Gasteiger partial charge on any atom is 0.323 e. The van der Waals surface area contributed by atoms with Crippen LogP contribution in [-0.4, -0.2) is 28.1 Å². The first kappa shape index (κ1) is 10.6. The van der Waals surface area contributed by atoms with Crippen LogP contribution in [0.15, 0.2) is 12.4 Å². The van der Waals surface area contributed by atoms with Crippen molar-refractivity contribution in [1.82, 2.24) is 15.3 Å². The third kappa shape index (κ3) is 2.19. The number of amides is 2. The van der Waals surface area contributed by atoms with E-state index in [4.69, 9.17) is 0 Å². The Morgan fingerprint density at radius 1 is 1.47 bits per heavy atom. The van der Waals surface area contributed by atoms with E-state index in [1.54, 1.807) is 17.3 Å². The van der Waals surface area contributed by atoms with Gasteiger partial charge in [-0.2, -0.15) is 0 Å². The van der Waals surface area contributed by atoms with Crippen LogP contribution < -0.4 is 10.2 Å². The maximum atomic E-state index is 11.6. The summed E-state index contributed by atoms with van der Waals surface area (Å²) in [4.78, 5) is 21.5. The lowest BCUT2D eigenvalue weighted by atomic mass is 10.1. The van der Waals surface area contributed by atoms with Crippen molar-refractivity contribution >= 4 is 34.4 Å². The summed E-state index contributed by atoms with van der Waals surface area (Å²) in [5.41, 5.74) is -0.207. The number of anilines is 1. The van der Waals surface area contributed by atoms with Crippen molar-refractivity contribution in [2.75, 3.05) is 11.4 Å². The zero-order valence-electron chi connectivity index (χ0n) is 8.49. The van der Waals surface area contributed by atoms with Crippen molar-refractivity contribution in [1.29, 1.82) is 0 Å². The summed E-state index contributed by atoms with van der Waals surface area (Å²) < 4.78 is 0.815. The fourth-order valence-electron chi connectivity index (χ4n) is 1.49. The molecule has 0 spiro atoms. The molecule has 1 N–H and O–H groups in total. The van der Waals surface area contributed by atoms with Crippen LogP contribution >= 0.6 is 22.6 Å². The minimum atomic E-state index is -0.207. The lowest BCUT2D eigenvalue weighted by molar-refractivity contribution is 0.248. The van der Waals surface area contributed by atoms with E-state index in [0.29, 0.717) is 12.4 Å². The van der Waals surface area contributed by atoms with Crippen LogP contribution in [-0.2, 0) is 0 Å². The van der Waals surface area contributed by atoms with Gasteiger partial charge in [0.15, 0.2) is 5.82 Å². The summed E-state index contributed by atoms with van der Waals surface area (Å²) in [5.74, 6) is 0.596. The van der Waals surface area contributed by atoms with Crippen molar-refractivity contribution in [3.05, 3.63) is 16.1 Å². The van der Waals surface area contributed by atoms with Gasteiger partial charge >= 0.3 is 6.03 Å². The van der Waals surface area contributed by atoms with Gasteiger partial charge in [0, 0.05) is 0 Å². The summed E-state index contributed by atoms with van der Waals surface area (Å²) in [7, 11) is 0. The Bertz CT molecular complexity index is 390. The second-order valence-electron chi connectivity index (χ2n) is 4.10. The Morgan fingerprint density at radius 3 is 2.67 bits per heavy atom. The topological polar surface area (TPSA) is 58.1 Å². The largest absolute Gasteiger partial charge is 0.331 e. The first-order chi connectivity index (χ1) is 6.98. The molecule has 1 aliphatic heterocycles. The highest BCUT2D eigenvalue weighted by molar-refractivity contribution is 14.1. The molecule has 1 aliphatic rings. The number of urea groups is 1. The second-order valence-corrected chi connectivity index (χ2v) is 5.20. The molecule has 0 saturated carbocycles. The summed E-state index contributed by atoms with van der Waals surface area (Å²) in [5, 5.41) is 2.87. The molecule has 0 aliphatic carbocycles. The number of carbonyl (C=O) groups excluding carboxylic acids is 1. The van der Waals surface area contributed by atoms with Gasteiger partial charge in [0.25, 0.3) is 0 Å². The van der Waals surface area contributed by atoms with Gasteiger partial charge in [0.05, 0.1) is 24.5 Å². The molecular formula is C9H11IN4O. The van der Waals surface area contributed by atoms with E-state index in [2.05, 4.69) is 37.9 Å². The van der Waals surface area contributed by atoms with Crippen LogP contribution in [0.4, 0.5) is 10.6 Å². The van der Waals surface area contributed by atoms with E-state index in [9.17, 15) is 4.79 Å². The fraction of sp³-hybridized carbons (Fsp3) is 0.444. The minimum Gasteiger partial charge on any atom is -0.331 e. The number of aromatic nitrogens is 2. The van der Waals surface area contributed by atoms with E-state index in [1.807, 2.05) is 13.8 Å². The molecule has 15 heavy (non-hydrogen) atoms. The van der Waals surface area contributed by atoms with Crippen LogP contribution in [0.3, 0.4) is 0 Å². The number of nitrogens with zero attached hydrogens (tertiary/aromatic N) is 3. The number of nitrogens with one attached hydrogen (secondary N) is 1. The van der Waals surface area contributed by atoms with Gasteiger partial charge in [-0.3, -0.25) is 4.90 Å². The number of carbonyl (C=O) groups is 1. The van der Waals surface area contributed by atoms with Gasteiger partial charge in [0.1, 0.15) is 3.70 Å². The normalized spacial score (nSPS) is 19.1. The minimum absolute atomic E-state index is 0.115. The SMILES string of the molecule is CC1(C)CN(c2cnc(I)cn2)C(=O)N1. The molecule has 0 unspecified atom stereocenters. The maximum absolute atomic E-state index is 11.6. The fourth-order valence-corrected chi connectivity index (χ4v) is 1.77. The van der Waals surface area contributed by atoms with Crippen molar-refractivity contribution < 1.29 is 4.79 Å². The lowest BCUT2D eigenvalue weighted by Gasteiger charge is -2.16. The van der Waals surface area contributed by atoms with Crippen molar-refractivity contribution in [2.24, 2.45) is 0 Å². The molecule has 0 aromatic carbocycles. The molecule has 5 nitrogen and oxygen atoms in total. The summed E-state index contributed by atoms with van der Waals surface area (Å²) in [6.07, 6.45) is 3.26. The Labute approximate surface area is 101 Å². The van der Waals surface area contributed by atoms with Crippen LogP contribution in [0.25, 0.3) is 0 Å². The quantitative estimate of drug-likeness (QED) is 0.796. The number of hydrogen-bond donors (Lipinski definition) is 1. The zero-order valence-corrected chi connectivity index (χ0v) is 10.6. The zero-order chi connectivity index (χ0) is 11.1. The Hall–Kier alpha value is -0.920. The van der Waals surface area contributed by atoms with E-state index in [-0.39, 0.29) is 11.6 Å². The Kier molecular flexibility index (Phi) is 2.53. The molecule has 2 amide bonds. The van der Waals surface area contributed by atoms with Crippen LogP contribution in [0.1, 0.15) is 13.8 Å². The average molecular weight is 318 g/mol. The third-order valence-electron chi connectivity index (χ3n) is 2.13. The van der Waals surface area contributed by atoms with Gasteiger partial charge < -0.3 is 5.32 Å². The molecule has 1 aromatic rings. The molecule has 0 radical (unpaired) electrons. The molecule has 1 saturated heterocycles. The smallest absolute Gasteiger partial charge is 0.323 e. The van der Waals surface area contributed by atoms with Gasteiger partial charge in [-0.25, -0.2) is 14.8 Å². The third-order valence-corrected chi connectivity index (χ3v) is 2.68. The number of rotatable bonds is 1. The molecule has 2 rings (SSSR count). The first-order valence-electron chi connectivity index (χ1n) is 4.55. The predicted octanol–water partition coefficient (Wildman–Crippen LogP) is 1.39. The first-order valence-corrected chi connectivity index (χ1v) is 5.63. The van der Waals surface area contributed by atoms with E-state index in [1.165, 1.54) is 0 Å². The lowest BCUT2D eigenvalue weighted by Crippen LogP contribution is -2.36. The Morgan fingerprint density at radius 2 is 2.20 bits per heavy atom. The molecule has 6 heteroatoms. The molecule has 0 bridgehead atoms. The van der Waals surface area contributed by atoms with Crippen LogP contribution in [0.2, 0.25) is 0 Å². The molecule has 0 atom stereocenters. The van der Waals surface area contributed by atoms with Gasteiger partial charge in [-0.15, -0.1) is 0 Å². The predicted molar refractivity (Wildman–Crippen MR) is 64.7 cm³/mol. The highest BCUT2D eigenvalue weighted by Gasteiger charge is 2.36. The van der Waals surface area contributed by atoms with E-state index >= 15 is 0 Å². The summed E-state index contributed by atoms with van der Waals surface area (Å²) in [6.45, 7) is 4.57. The molecule has 80 valence electrons. The molecule has 1 fully saturated rings. The molecule has 1 aromatic heterocycles. The molecule has 2 heterocycles. The standard InChI is InChI=1S/C9H11IN4O/c1-9(2)5-14(8(15)13-9)7-4-11-6(10)3-12-7/h3-4H,5H2,1-2H3,(H,13,15). The van der Waals surface area contributed by atoms with Crippen LogP contribution in [0.5, 0.6) is 0 Å². The number of hydrogen-bond acceptors (Lipinski definition) is 3. The van der Waals surface area contributed by atoms with Gasteiger partial charge in [0.2, 0.25) is 0 Å². The Balaban J connectivity index is 2.25. The number of halogens is 1.